The van der Waals surface area contributed by atoms with Crippen LogP contribution in [0.15, 0.2) is 23.0 Å². The number of H-pyrrole nitrogens is 2. The zero-order valence-corrected chi connectivity index (χ0v) is 5.72. The van der Waals surface area contributed by atoms with Crippen LogP contribution in [0.5, 0.6) is 0 Å². The molecule has 4 nitrogen and oxygen atoms in total. The van der Waals surface area contributed by atoms with Crippen LogP contribution >= 0.6 is 0 Å². The molecule has 56 valence electrons. The molecule has 1 aromatic carbocycles. The lowest BCUT2D eigenvalue weighted by molar-refractivity contribution is 1.08. The second kappa shape index (κ2) is 1.88. The van der Waals surface area contributed by atoms with Gasteiger partial charge in [-0.05, 0) is 12.1 Å². The van der Waals surface area contributed by atoms with Crippen LogP contribution in [0, 0.1) is 0 Å². The van der Waals surface area contributed by atoms with Gasteiger partial charge in [-0.15, -0.1) is 0 Å². The highest BCUT2D eigenvalue weighted by molar-refractivity contribution is 5.88. The molecule has 0 bridgehead atoms. The van der Waals surface area contributed by atoms with Crippen molar-refractivity contribution in [3.63, 3.8) is 0 Å². The number of para-hydroxylation sites is 1. The quantitative estimate of drug-likeness (QED) is 0.475. The average Bonchev–Trinajstić information content (AvgIpc) is 2.35. The van der Waals surface area contributed by atoms with Crippen LogP contribution in [-0.2, 0) is 0 Å². The summed E-state index contributed by atoms with van der Waals surface area (Å²) in [5, 5.41) is 5.75. The number of fused-ring (bicyclic) bond motifs is 1. The van der Waals surface area contributed by atoms with E-state index >= 15 is 0 Å². The van der Waals surface area contributed by atoms with Crippen molar-refractivity contribution >= 4 is 16.6 Å². The maximum atomic E-state index is 11.0. The molecule has 0 fully saturated rings. The fourth-order valence-corrected chi connectivity index (χ4v) is 1.09. The van der Waals surface area contributed by atoms with Crippen LogP contribution in [0.2, 0.25) is 0 Å². The lowest BCUT2D eigenvalue weighted by Crippen LogP contribution is -1.96. The van der Waals surface area contributed by atoms with E-state index in [9.17, 15) is 4.79 Å². The predicted octanol–water partition coefficient (Wildman–Crippen LogP) is 0.438. The largest absolute Gasteiger partial charge is 0.397 e. The molecule has 0 aliphatic carbocycles. The van der Waals surface area contributed by atoms with Crippen molar-refractivity contribution < 1.29 is 0 Å². The van der Waals surface area contributed by atoms with Crippen molar-refractivity contribution in [2.24, 2.45) is 0 Å². The Morgan fingerprint density at radius 2 is 2.09 bits per heavy atom. The van der Waals surface area contributed by atoms with E-state index in [1.165, 1.54) is 0 Å². The summed E-state index contributed by atoms with van der Waals surface area (Å²) in [7, 11) is 0. The van der Waals surface area contributed by atoms with Crippen molar-refractivity contribution in [2.75, 3.05) is 5.73 Å². The summed E-state index contributed by atoms with van der Waals surface area (Å²) in [4.78, 5) is 11.0. The SMILES string of the molecule is Nc1cccc2c(=O)[nH][nH]c12. The fraction of sp³-hybridized carbons (Fsp3) is 0. The molecule has 2 rings (SSSR count). The van der Waals surface area contributed by atoms with E-state index in [0.717, 1.165) is 0 Å². The molecule has 0 unspecified atom stereocenters. The Balaban J connectivity index is 3.06. The Hall–Kier alpha value is -1.71. The lowest BCUT2D eigenvalue weighted by atomic mass is 10.2. The van der Waals surface area contributed by atoms with Gasteiger partial charge in [0.2, 0.25) is 0 Å². The number of aromatic amines is 2. The summed E-state index contributed by atoms with van der Waals surface area (Å²) < 4.78 is 0. The summed E-state index contributed by atoms with van der Waals surface area (Å²) in [6.07, 6.45) is 0. The van der Waals surface area contributed by atoms with Gasteiger partial charge in [-0.2, -0.15) is 0 Å². The van der Waals surface area contributed by atoms with Gasteiger partial charge in [-0.25, -0.2) is 0 Å². The number of nitrogen functional groups attached to an aromatic ring is 1. The molecule has 0 atom stereocenters. The number of nitrogens with one attached hydrogen (secondary N) is 2. The number of nitrogens with two attached hydrogens (primary N) is 1. The smallest absolute Gasteiger partial charge is 0.271 e. The molecular formula is C7H7N3O. The van der Waals surface area contributed by atoms with E-state index in [4.69, 9.17) is 5.73 Å². The molecule has 2 aromatic rings. The van der Waals surface area contributed by atoms with E-state index in [1.54, 1.807) is 18.2 Å². The summed E-state index contributed by atoms with van der Waals surface area (Å²) in [6.45, 7) is 0. The van der Waals surface area contributed by atoms with E-state index in [1.807, 2.05) is 0 Å². The second-order valence-corrected chi connectivity index (χ2v) is 2.35. The highest BCUT2D eigenvalue weighted by Crippen LogP contribution is 2.13. The minimum absolute atomic E-state index is 0.132. The predicted molar refractivity (Wildman–Crippen MR) is 43.3 cm³/mol. The van der Waals surface area contributed by atoms with Gasteiger partial charge in [-0.1, -0.05) is 6.07 Å². The first-order valence-electron chi connectivity index (χ1n) is 3.24. The number of aromatic nitrogens is 2. The maximum absolute atomic E-state index is 11.0. The summed E-state index contributed by atoms with van der Waals surface area (Å²) >= 11 is 0. The topological polar surface area (TPSA) is 74.7 Å². The van der Waals surface area contributed by atoms with Crippen LogP contribution in [0.4, 0.5) is 5.69 Å². The van der Waals surface area contributed by atoms with Crippen molar-refractivity contribution in [1.82, 2.24) is 10.2 Å². The van der Waals surface area contributed by atoms with E-state index in [2.05, 4.69) is 10.2 Å². The van der Waals surface area contributed by atoms with Gasteiger partial charge in [0, 0.05) is 0 Å². The molecule has 0 aliphatic rings. The molecule has 4 N–H and O–H groups in total. The molecular weight excluding hydrogens is 142 g/mol. The normalized spacial score (nSPS) is 10.5. The van der Waals surface area contributed by atoms with Gasteiger partial charge in [0.15, 0.2) is 0 Å². The third kappa shape index (κ3) is 0.724. The first-order valence-corrected chi connectivity index (χ1v) is 3.24. The van der Waals surface area contributed by atoms with Crippen LogP contribution < -0.4 is 11.3 Å². The maximum Gasteiger partial charge on any atom is 0.271 e. The minimum atomic E-state index is -0.132. The molecule has 1 heterocycles. The van der Waals surface area contributed by atoms with Gasteiger partial charge in [0.1, 0.15) is 0 Å². The fourth-order valence-electron chi connectivity index (χ4n) is 1.09. The van der Waals surface area contributed by atoms with Crippen molar-refractivity contribution in [3.8, 4) is 0 Å². The summed E-state index contributed by atoms with van der Waals surface area (Å²) in [5.74, 6) is 0. The van der Waals surface area contributed by atoms with E-state index in [0.29, 0.717) is 16.6 Å². The molecule has 0 spiro atoms. The Bertz CT molecular complexity index is 440. The van der Waals surface area contributed by atoms with E-state index < -0.39 is 0 Å². The lowest BCUT2D eigenvalue weighted by Gasteiger charge is -1.90. The zero-order valence-electron chi connectivity index (χ0n) is 5.72. The Kier molecular flexibility index (Phi) is 1.03. The first kappa shape index (κ1) is 6.03. The highest BCUT2D eigenvalue weighted by Gasteiger charge is 2.00. The monoisotopic (exact) mass is 149 g/mol. The van der Waals surface area contributed by atoms with Crippen molar-refractivity contribution in [1.29, 1.82) is 0 Å². The average molecular weight is 149 g/mol. The van der Waals surface area contributed by atoms with E-state index in [-0.39, 0.29) is 5.56 Å². The molecule has 0 saturated carbocycles. The van der Waals surface area contributed by atoms with Crippen LogP contribution in [0.1, 0.15) is 0 Å². The molecule has 0 radical (unpaired) electrons. The van der Waals surface area contributed by atoms with Crippen LogP contribution in [-0.4, -0.2) is 10.2 Å². The third-order valence-electron chi connectivity index (χ3n) is 1.64. The van der Waals surface area contributed by atoms with Crippen LogP contribution in [0.25, 0.3) is 10.9 Å². The number of hydrogen-bond acceptors (Lipinski definition) is 2. The van der Waals surface area contributed by atoms with Gasteiger partial charge < -0.3 is 5.73 Å². The Morgan fingerprint density at radius 3 is 2.82 bits per heavy atom. The Labute approximate surface area is 62.0 Å². The third-order valence-corrected chi connectivity index (χ3v) is 1.64. The van der Waals surface area contributed by atoms with Gasteiger partial charge >= 0.3 is 0 Å². The molecule has 1 aromatic heterocycles. The minimum Gasteiger partial charge on any atom is -0.397 e. The summed E-state index contributed by atoms with van der Waals surface area (Å²) in [6, 6.07) is 5.22. The molecule has 0 aliphatic heterocycles. The number of benzene rings is 1. The van der Waals surface area contributed by atoms with Crippen molar-refractivity contribution in [3.05, 3.63) is 28.6 Å². The highest BCUT2D eigenvalue weighted by atomic mass is 16.1. The van der Waals surface area contributed by atoms with Crippen LogP contribution in [0.3, 0.4) is 0 Å². The standard InChI is InChI=1S/C7H7N3O/c8-5-3-1-2-4-6(5)9-10-7(4)11/h1-3H,8H2,(H2,9,10,11). The first-order chi connectivity index (χ1) is 5.29. The number of anilines is 1. The zero-order chi connectivity index (χ0) is 7.84. The van der Waals surface area contributed by atoms with Crippen molar-refractivity contribution in [2.45, 2.75) is 0 Å². The molecule has 11 heavy (non-hydrogen) atoms. The Morgan fingerprint density at radius 1 is 1.27 bits per heavy atom. The molecule has 0 amide bonds. The van der Waals surface area contributed by atoms with Gasteiger partial charge in [0.25, 0.3) is 5.56 Å². The summed E-state index contributed by atoms with van der Waals surface area (Å²) in [5.41, 5.74) is 6.71. The van der Waals surface area contributed by atoms with Gasteiger partial charge in [-0.3, -0.25) is 15.0 Å². The second-order valence-electron chi connectivity index (χ2n) is 2.35. The van der Waals surface area contributed by atoms with Gasteiger partial charge in [0.05, 0.1) is 16.6 Å². The number of hydrogen-bond donors (Lipinski definition) is 3. The molecule has 4 heteroatoms. The number of rotatable bonds is 0. The molecule has 0 saturated heterocycles.